The van der Waals surface area contributed by atoms with Crippen molar-refractivity contribution in [3.63, 3.8) is 0 Å². The lowest BCUT2D eigenvalue weighted by Gasteiger charge is -2.41. The molecule has 20 nitrogen and oxygen atoms in total. The van der Waals surface area contributed by atoms with E-state index in [4.69, 9.17) is 9.47 Å². The molecule has 0 saturated carbocycles. The lowest BCUT2D eigenvalue weighted by Crippen LogP contribution is -2.60. The number of alkyl halides is 1. The van der Waals surface area contributed by atoms with Gasteiger partial charge in [0.15, 0.2) is 0 Å². The van der Waals surface area contributed by atoms with E-state index in [9.17, 15) is 47.5 Å². The number of morpholine rings is 1. The number of rotatable bonds is 13. The molecule has 10 rings (SSSR count). The summed E-state index contributed by atoms with van der Waals surface area (Å²) >= 11 is 0.845. The van der Waals surface area contributed by atoms with Gasteiger partial charge in [0.1, 0.15) is 36.7 Å². The first-order valence-corrected chi connectivity index (χ1v) is 28.2. The SMILES string of the molecule is Cn1c(=O)n(C2CCC(=O)NC2=O)c2ccc(CN3C4CCC3CN(C(=O)CO[C@@H]3CCN(C(=O)[C@@H](NC(=O)c5cc6c(F)c(C(F)P(=O)(O)O)ccc6s5)C(C)(C)C)[C@@H]3C(=O)N3CCO[C@H](c5ccccc5)C3)C4)cc21. The van der Waals surface area contributed by atoms with Crippen molar-refractivity contribution < 1.29 is 61.4 Å². The number of piperazine rings is 1. The van der Waals surface area contributed by atoms with Gasteiger partial charge in [-0.3, -0.25) is 52.7 Å². The topological polar surface area (TPSA) is 242 Å². The first kappa shape index (κ1) is 54.2. The third kappa shape index (κ3) is 10.6. The van der Waals surface area contributed by atoms with Crippen LogP contribution in [0.1, 0.15) is 97.3 Å². The Morgan fingerprint density at radius 2 is 1.65 bits per heavy atom. The van der Waals surface area contributed by atoms with E-state index >= 15 is 9.18 Å². The Labute approximate surface area is 445 Å². The molecule has 0 spiro atoms. The fourth-order valence-corrected chi connectivity index (χ4v) is 13.2. The molecular weight excluding hydrogens is 1040 g/mol. The maximum Gasteiger partial charge on any atom is 0.364 e. The Kier molecular flexibility index (Phi) is 14.9. The zero-order chi connectivity index (χ0) is 54.8. The van der Waals surface area contributed by atoms with E-state index in [0.717, 1.165) is 47.4 Å². The summed E-state index contributed by atoms with van der Waals surface area (Å²) in [4.78, 5) is 122. The van der Waals surface area contributed by atoms with Crippen LogP contribution in [0.2, 0.25) is 0 Å². The highest BCUT2D eigenvalue weighted by Gasteiger charge is 2.50. The van der Waals surface area contributed by atoms with E-state index in [0.29, 0.717) is 30.7 Å². The van der Waals surface area contributed by atoms with Gasteiger partial charge in [0.25, 0.3) is 5.91 Å². The fourth-order valence-electron chi connectivity index (χ4n) is 11.6. The van der Waals surface area contributed by atoms with Gasteiger partial charge in [-0.25, -0.2) is 13.6 Å². The molecule has 0 radical (unpaired) electrons. The molecule has 7 heterocycles. The molecule has 2 aromatic heterocycles. The maximum absolute atomic E-state index is 15.5. The van der Waals surface area contributed by atoms with Crippen LogP contribution in [-0.4, -0.2) is 150 Å². The molecule has 5 aromatic rings. The third-order valence-corrected chi connectivity index (χ3v) is 17.7. The fraction of sp³-hybridized carbons (Fsp3) is 0.491. The number of nitrogens with zero attached hydrogens (tertiary/aromatic N) is 6. The van der Waals surface area contributed by atoms with Crippen molar-refractivity contribution >= 4 is 75.5 Å². The normalized spacial score (nSPS) is 24.1. The van der Waals surface area contributed by atoms with Crippen LogP contribution >= 0.6 is 18.9 Å². The second-order valence-electron chi connectivity index (χ2n) is 21.7. The van der Waals surface area contributed by atoms with Crippen LogP contribution in [0.3, 0.4) is 0 Å². The van der Waals surface area contributed by atoms with Gasteiger partial charge in [0, 0.05) is 73.9 Å². The summed E-state index contributed by atoms with van der Waals surface area (Å²) in [7, 11) is -3.69. The van der Waals surface area contributed by atoms with Crippen molar-refractivity contribution in [3.05, 3.63) is 105 Å². The molecule has 4 N–H and O–H groups in total. The summed E-state index contributed by atoms with van der Waals surface area (Å²) in [5.41, 5.74) is 0.918. The quantitative estimate of drug-likeness (QED) is 0.0944. The van der Waals surface area contributed by atoms with Crippen LogP contribution in [0.15, 0.2) is 71.5 Å². The monoisotopic (exact) mass is 1100 g/mol. The number of benzene rings is 3. The number of fused-ring (bicyclic) bond motifs is 4. The van der Waals surface area contributed by atoms with Crippen molar-refractivity contribution in [3.8, 4) is 0 Å². The summed E-state index contributed by atoms with van der Waals surface area (Å²) in [6.07, 6.45) is 0.912. The third-order valence-electron chi connectivity index (χ3n) is 15.7. The minimum atomic E-state index is -5.35. The largest absolute Gasteiger partial charge is 0.370 e. The predicted octanol–water partition coefficient (Wildman–Crippen LogP) is 4.42. The van der Waals surface area contributed by atoms with Gasteiger partial charge in [-0.15, -0.1) is 11.3 Å². The van der Waals surface area contributed by atoms with E-state index in [2.05, 4.69) is 15.5 Å². The number of likely N-dealkylation sites (tertiary alicyclic amines) is 2. The molecule has 5 aliphatic heterocycles. The number of halogens is 2. The van der Waals surface area contributed by atoms with Crippen LogP contribution < -0.4 is 16.3 Å². The van der Waals surface area contributed by atoms with Gasteiger partial charge in [-0.1, -0.05) is 63.2 Å². The standard InChI is InChI=1S/C53H61F2N8O12PS/c1-53(2,3)46(57-49(67)41-23-34-40(77-41)16-13-33(44(34)54)47(55)76(71,72)73)51(69)61-19-18-38(45(61)50(68)59-20-21-74-39(27-59)30-8-6-5-7-9-30)75-28-43(65)60-25-31-11-12-32(26-60)62(31)24-29-10-14-35-37(22-29)58(4)52(70)63(35)36-15-17-42(64)56-48(36)66/h5-10,13-14,16,22-23,31-32,36,38-39,45-47H,11-12,15,17-21,24-28H2,1-4H3,(H,57,67)(H,56,64,66)(H2,71,72,73)/t31?,32?,36?,38-,39+,45+,46-,47?/m1/s1. The number of aryl methyl sites for hydroxylation is 1. The van der Waals surface area contributed by atoms with Crippen LogP contribution in [-0.2, 0) is 51.6 Å². The van der Waals surface area contributed by atoms with E-state index in [1.165, 1.54) is 20.1 Å². The zero-order valence-electron chi connectivity index (χ0n) is 42.9. The molecule has 77 heavy (non-hydrogen) atoms. The highest BCUT2D eigenvalue weighted by atomic mass is 32.1. The highest BCUT2D eigenvalue weighted by molar-refractivity contribution is 7.51. The van der Waals surface area contributed by atoms with Crippen LogP contribution in [0.25, 0.3) is 21.1 Å². The van der Waals surface area contributed by atoms with Gasteiger partial charge in [0.05, 0.1) is 35.2 Å². The summed E-state index contributed by atoms with van der Waals surface area (Å²) in [5, 5.41) is 4.91. The summed E-state index contributed by atoms with van der Waals surface area (Å²) in [6.45, 7) is 6.96. The Bertz CT molecular complexity index is 3270. The summed E-state index contributed by atoms with van der Waals surface area (Å²) < 4.78 is 57.5. The van der Waals surface area contributed by atoms with Crippen molar-refractivity contribution in [1.29, 1.82) is 0 Å². The number of carbonyl (C=O) groups is 6. The van der Waals surface area contributed by atoms with Crippen LogP contribution in [0.4, 0.5) is 8.78 Å². The number of ether oxygens (including phenoxy) is 2. The molecule has 410 valence electrons. The first-order valence-electron chi connectivity index (χ1n) is 25.7. The molecular formula is C53H61F2N8O12PS. The van der Waals surface area contributed by atoms with E-state index in [-0.39, 0.29) is 96.7 Å². The average molecular weight is 1100 g/mol. The van der Waals surface area contributed by atoms with E-state index < -0.39 is 84.3 Å². The number of imidazole rings is 1. The number of amides is 6. The van der Waals surface area contributed by atoms with Crippen molar-refractivity contribution in [1.82, 2.24) is 39.4 Å². The van der Waals surface area contributed by atoms with E-state index in [1.54, 1.807) is 37.6 Å². The Morgan fingerprint density at radius 1 is 0.922 bits per heavy atom. The van der Waals surface area contributed by atoms with Gasteiger partial charge < -0.3 is 39.3 Å². The number of carbonyl (C=O) groups excluding carboxylic acids is 6. The van der Waals surface area contributed by atoms with Gasteiger partial charge >= 0.3 is 13.3 Å². The Hall–Kier alpha value is -6.20. The second kappa shape index (κ2) is 21.2. The first-order chi connectivity index (χ1) is 36.6. The van der Waals surface area contributed by atoms with Gasteiger partial charge in [0.2, 0.25) is 35.4 Å². The minimum Gasteiger partial charge on any atom is -0.370 e. The van der Waals surface area contributed by atoms with Gasteiger partial charge in [-0.2, -0.15) is 0 Å². The number of piperidine rings is 1. The van der Waals surface area contributed by atoms with Crippen LogP contribution in [0.5, 0.6) is 0 Å². The molecule has 3 aromatic carbocycles. The molecule has 5 aliphatic rings. The predicted molar refractivity (Wildman–Crippen MR) is 277 cm³/mol. The number of thiophene rings is 1. The molecule has 24 heteroatoms. The number of imide groups is 1. The lowest BCUT2D eigenvalue weighted by atomic mass is 9.85. The van der Waals surface area contributed by atoms with Crippen LogP contribution in [0, 0.1) is 11.2 Å². The average Bonchev–Trinajstić information content (AvgIpc) is 4.15. The minimum absolute atomic E-state index is 0.0296. The summed E-state index contributed by atoms with van der Waals surface area (Å²) in [5.74, 6) is -7.05. The lowest BCUT2D eigenvalue weighted by molar-refractivity contribution is -0.156. The molecule has 6 amide bonds. The van der Waals surface area contributed by atoms with Crippen molar-refractivity contribution in [2.45, 2.75) is 108 Å². The van der Waals surface area contributed by atoms with Crippen molar-refractivity contribution in [2.24, 2.45) is 12.5 Å². The molecule has 0 aliphatic carbocycles. The molecule has 2 bridgehead atoms. The zero-order valence-corrected chi connectivity index (χ0v) is 44.6. The maximum atomic E-state index is 15.5. The Balaban J connectivity index is 0.840. The number of hydrogen-bond acceptors (Lipinski definition) is 12. The number of nitrogens with one attached hydrogen (secondary N) is 2. The second-order valence-corrected chi connectivity index (χ2v) is 24.4. The Morgan fingerprint density at radius 3 is 2.34 bits per heavy atom. The smallest absolute Gasteiger partial charge is 0.364 e. The molecule has 4 unspecified atom stereocenters. The van der Waals surface area contributed by atoms with Crippen molar-refractivity contribution in [2.75, 3.05) is 45.9 Å². The molecule has 8 atom stereocenters. The number of hydrogen-bond donors (Lipinski definition) is 4. The molecule has 5 saturated heterocycles. The number of aromatic nitrogens is 2. The van der Waals surface area contributed by atoms with Gasteiger partial charge in [-0.05, 0) is 66.5 Å². The molecule has 5 fully saturated rings. The van der Waals surface area contributed by atoms with E-state index in [1.807, 2.05) is 48.5 Å². The summed E-state index contributed by atoms with van der Waals surface area (Å²) in [6, 6.07) is 15.3. The highest BCUT2D eigenvalue weighted by Crippen LogP contribution is 2.54.